The molecule has 4 heteroatoms. The molecule has 0 saturated heterocycles. The summed E-state index contributed by atoms with van der Waals surface area (Å²) in [5.74, 6) is 1.10. The summed E-state index contributed by atoms with van der Waals surface area (Å²) in [6, 6.07) is 8.29. The van der Waals surface area contributed by atoms with Gasteiger partial charge in [0.15, 0.2) is 0 Å². The maximum Gasteiger partial charge on any atom is 0.111 e. The molecule has 1 aliphatic carbocycles. The van der Waals surface area contributed by atoms with Crippen molar-refractivity contribution in [1.29, 1.82) is 0 Å². The van der Waals surface area contributed by atoms with Crippen molar-refractivity contribution in [1.82, 2.24) is 9.55 Å². The summed E-state index contributed by atoms with van der Waals surface area (Å²) >= 11 is 0. The maximum atomic E-state index is 6.53. The first kappa shape index (κ1) is 13.6. The van der Waals surface area contributed by atoms with Crippen molar-refractivity contribution in [2.45, 2.75) is 44.2 Å². The van der Waals surface area contributed by atoms with Crippen molar-refractivity contribution in [2.75, 3.05) is 13.7 Å². The lowest BCUT2D eigenvalue weighted by Crippen LogP contribution is -2.39. The van der Waals surface area contributed by atoms with Crippen molar-refractivity contribution in [2.24, 2.45) is 5.73 Å². The van der Waals surface area contributed by atoms with Gasteiger partial charge in [-0.25, -0.2) is 4.98 Å². The molecule has 2 aromatic rings. The third kappa shape index (κ3) is 2.58. The number of methoxy groups -OCH3 is 1. The Morgan fingerprint density at radius 3 is 2.80 bits per heavy atom. The molecule has 4 nitrogen and oxygen atoms in total. The smallest absolute Gasteiger partial charge is 0.111 e. The van der Waals surface area contributed by atoms with Gasteiger partial charge in [0.1, 0.15) is 5.82 Å². The van der Waals surface area contributed by atoms with E-state index in [1.54, 1.807) is 7.11 Å². The van der Waals surface area contributed by atoms with E-state index in [2.05, 4.69) is 22.8 Å². The van der Waals surface area contributed by atoms with Gasteiger partial charge in [0.25, 0.3) is 0 Å². The van der Waals surface area contributed by atoms with Crippen molar-refractivity contribution in [3.8, 4) is 0 Å². The molecule has 1 aliphatic rings. The largest absolute Gasteiger partial charge is 0.383 e. The molecule has 1 heterocycles. The number of rotatable bonds is 5. The van der Waals surface area contributed by atoms with Crippen LogP contribution in [0.15, 0.2) is 24.3 Å². The van der Waals surface area contributed by atoms with E-state index < -0.39 is 0 Å². The Morgan fingerprint density at radius 1 is 1.30 bits per heavy atom. The van der Waals surface area contributed by atoms with Crippen LogP contribution in [0, 0.1) is 0 Å². The quantitative estimate of drug-likeness (QED) is 0.910. The van der Waals surface area contributed by atoms with E-state index in [1.165, 1.54) is 18.4 Å². The molecule has 1 saturated carbocycles. The van der Waals surface area contributed by atoms with Crippen LogP contribution in [0.5, 0.6) is 0 Å². The van der Waals surface area contributed by atoms with Crippen LogP contribution in [0.4, 0.5) is 0 Å². The molecule has 2 N–H and O–H groups in total. The fourth-order valence-corrected chi connectivity index (χ4v) is 3.26. The van der Waals surface area contributed by atoms with Crippen molar-refractivity contribution < 1.29 is 4.74 Å². The van der Waals surface area contributed by atoms with Gasteiger partial charge >= 0.3 is 0 Å². The van der Waals surface area contributed by atoms with Crippen LogP contribution in [0.25, 0.3) is 11.0 Å². The normalized spacial score (nSPS) is 17.9. The minimum atomic E-state index is -0.0633. The second kappa shape index (κ2) is 5.54. The predicted molar refractivity (Wildman–Crippen MR) is 80.7 cm³/mol. The number of imidazole rings is 1. The molecule has 3 rings (SSSR count). The van der Waals surface area contributed by atoms with Gasteiger partial charge in [-0.15, -0.1) is 0 Å². The number of aromatic nitrogens is 2. The minimum Gasteiger partial charge on any atom is -0.383 e. The molecule has 0 unspecified atom stereocenters. The average Bonchev–Trinajstić information content (AvgIpc) is 3.01. The highest BCUT2D eigenvalue weighted by Gasteiger charge is 2.31. The molecule has 0 bridgehead atoms. The highest BCUT2D eigenvalue weighted by atomic mass is 16.5. The van der Waals surface area contributed by atoms with E-state index in [9.17, 15) is 0 Å². The van der Waals surface area contributed by atoms with Gasteiger partial charge in [0, 0.05) is 25.6 Å². The maximum absolute atomic E-state index is 6.53. The molecule has 0 atom stereocenters. The molecule has 1 fully saturated rings. The second-order valence-electron chi connectivity index (χ2n) is 5.91. The number of benzene rings is 1. The molecule has 1 aromatic heterocycles. The molecular weight excluding hydrogens is 250 g/mol. The van der Waals surface area contributed by atoms with Gasteiger partial charge in [0.05, 0.1) is 17.6 Å². The first-order valence-corrected chi connectivity index (χ1v) is 7.44. The summed E-state index contributed by atoms with van der Waals surface area (Å²) in [5, 5.41) is 0. The number of nitrogens with zero attached hydrogens (tertiary/aromatic N) is 2. The number of nitrogens with two attached hydrogens (primary N) is 1. The zero-order valence-corrected chi connectivity index (χ0v) is 12.1. The Hall–Kier alpha value is -1.39. The number of fused-ring (bicyclic) bond motifs is 1. The molecule has 0 radical (unpaired) electrons. The standard InChI is InChI=1S/C16H23N3O/c1-20-11-10-19-14-7-3-2-6-13(14)18-15(19)12-16(17)8-4-5-9-16/h2-3,6-7H,4-5,8-12,17H2,1H3. The Bertz CT molecular complexity index is 584. The molecular formula is C16H23N3O. The van der Waals surface area contributed by atoms with E-state index >= 15 is 0 Å². The number of hydrogen-bond donors (Lipinski definition) is 1. The summed E-state index contributed by atoms with van der Waals surface area (Å²) in [5.41, 5.74) is 8.70. The SMILES string of the molecule is COCCn1c(CC2(N)CCCC2)nc2ccccc21. The number of para-hydroxylation sites is 2. The Balaban J connectivity index is 1.95. The van der Waals surface area contributed by atoms with Crippen LogP contribution in [-0.4, -0.2) is 28.8 Å². The zero-order valence-electron chi connectivity index (χ0n) is 12.1. The van der Waals surface area contributed by atoms with Crippen LogP contribution in [-0.2, 0) is 17.7 Å². The van der Waals surface area contributed by atoms with Gasteiger partial charge in [-0.1, -0.05) is 25.0 Å². The van der Waals surface area contributed by atoms with Gasteiger partial charge in [-0.3, -0.25) is 0 Å². The van der Waals surface area contributed by atoms with Crippen molar-refractivity contribution in [3.63, 3.8) is 0 Å². The Kier molecular flexibility index (Phi) is 3.76. The summed E-state index contributed by atoms with van der Waals surface area (Å²) in [6.45, 7) is 1.54. The van der Waals surface area contributed by atoms with E-state index in [0.29, 0.717) is 6.61 Å². The third-order valence-corrected chi connectivity index (χ3v) is 4.36. The van der Waals surface area contributed by atoms with E-state index in [0.717, 1.165) is 37.1 Å². The average molecular weight is 273 g/mol. The second-order valence-corrected chi connectivity index (χ2v) is 5.91. The summed E-state index contributed by atoms with van der Waals surface area (Å²) < 4.78 is 7.50. The number of hydrogen-bond acceptors (Lipinski definition) is 3. The first-order chi connectivity index (χ1) is 9.72. The van der Waals surface area contributed by atoms with E-state index in [1.807, 2.05) is 6.07 Å². The Morgan fingerprint density at radius 2 is 2.05 bits per heavy atom. The van der Waals surface area contributed by atoms with Crippen molar-refractivity contribution >= 4 is 11.0 Å². The molecule has 20 heavy (non-hydrogen) atoms. The van der Waals surface area contributed by atoms with Crippen LogP contribution >= 0.6 is 0 Å². The summed E-state index contributed by atoms with van der Waals surface area (Å²) in [6.07, 6.45) is 5.58. The predicted octanol–water partition coefficient (Wildman–Crippen LogP) is 2.50. The molecule has 0 aliphatic heterocycles. The van der Waals surface area contributed by atoms with Gasteiger partial charge in [-0.2, -0.15) is 0 Å². The van der Waals surface area contributed by atoms with Crippen LogP contribution in [0.3, 0.4) is 0 Å². The van der Waals surface area contributed by atoms with E-state index in [4.69, 9.17) is 15.5 Å². The first-order valence-electron chi connectivity index (χ1n) is 7.44. The minimum absolute atomic E-state index is 0.0633. The summed E-state index contributed by atoms with van der Waals surface area (Å²) in [7, 11) is 1.74. The highest BCUT2D eigenvalue weighted by molar-refractivity contribution is 5.75. The fourth-order valence-electron chi connectivity index (χ4n) is 3.26. The number of ether oxygens (including phenoxy) is 1. The van der Waals surface area contributed by atoms with E-state index in [-0.39, 0.29) is 5.54 Å². The highest BCUT2D eigenvalue weighted by Crippen LogP contribution is 2.31. The monoisotopic (exact) mass is 273 g/mol. The molecule has 0 spiro atoms. The van der Waals surface area contributed by atoms with Gasteiger partial charge < -0.3 is 15.0 Å². The molecule has 0 amide bonds. The molecule has 1 aromatic carbocycles. The van der Waals surface area contributed by atoms with Crippen LogP contribution < -0.4 is 5.73 Å². The lowest BCUT2D eigenvalue weighted by atomic mass is 9.94. The lowest BCUT2D eigenvalue weighted by Gasteiger charge is -2.23. The summed E-state index contributed by atoms with van der Waals surface area (Å²) in [4.78, 5) is 4.80. The van der Waals surface area contributed by atoms with Gasteiger partial charge in [0.2, 0.25) is 0 Å². The zero-order chi connectivity index (χ0) is 14.0. The van der Waals surface area contributed by atoms with Crippen LogP contribution in [0.1, 0.15) is 31.5 Å². The topological polar surface area (TPSA) is 53.1 Å². The third-order valence-electron chi connectivity index (χ3n) is 4.36. The van der Waals surface area contributed by atoms with Crippen LogP contribution in [0.2, 0.25) is 0 Å². The fraction of sp³-hybridized carbons (Fsp3) is 0.562. The van der Waals surface area contributed by atoms with Crippen molar-refractivity contribution in [3.05, 3.63) is 30.1 Å². The lowest BCUT2D eigenvalue weighted by molar-refractivity contribution is 0.187. The molecule has 108 valence electrons. The Labute approximate surface area is 119 Å². The van der Waals surface area contributed by atoms with Gasteiger partial charge in [-0.05, 0) is 25.0 Å².